The number of hydrogen-bond donors (Lipinski definition) is 1. The van der Waals surface area contributed by atoms with E-state index in [0.29, 0.717) is 70.8 Å². The normalized spacial score (nSPS) is 32.4. The standard InChI is InChI=1S/C41H54ClN3O7S2/c1-29-8-6-18-41(51-3,17-4-5-19-44-20-22-53(47,48)23-21-44)36-13-10-33(36)26-45-27-40(16-7-9-31-24-34(42)12-14-35(31)40)28-52-38-15-11-32(25-37(38)45)39(46)43-54(49,50)30(29)2/h11-12,14-15,24-25,29-30,33,36H,5-10,13,16,18-23,26-28H2,1-3H3,(H,43,46)/t29-,30+,33-,36+,40-,41-/m0/s1. The van der Waals surface area contributed by atoms with Crippen molar-refractivity contribution in [3.63, 3.8) is 0 Å². The quantitative estimate of drug-likeness (QED) is 0.395. The molecule has 1 amide bonds. The van der Waals surface area contributed by atoms with Crippen molar-refractivity contribution in [2.24, 2.45) is 17.8 Å². The molecule has 294 valence electrons. The van der Waals surface area contributed by atoms with E-state index in [9.17, 15) is 21.6 Å². The Morgan fingerprint density at radius 2 is 1.81 bits per heavy atom. The third-order valence-corrected chi connectivity index (χ3v) is 16.9. The van der Waals surface area contributed by atoms with Crippen LogP contribution in [0.15, 0.2) is 36.4 Å². The molecule has 13 heteroatoms. The summed E-state index contributed by atoms with van der Waals surface area (Å²) in [5.41, 5.74) is 2.53. The van der Waals surface area contributed by atoms with Crippen LogP contribution < -0.4 is 14.4 Å². The molecule has 2 aromatic carbocycles. The van der Waals surface area contributed by atoms with Gasteiger partial charge in [0.2, 0.25) is 10.0 Å². The Balaban J connectivity index is 1.25. The number of rotatable bonds is 3. The number of amides is 1. The zero-order valence-electron chi connectivity index (χ0n) is 31.7. The zero-order valence-corrected chi connectivity index (χ0v) is 34.1. The average molecular weight is 800 g/mol. The van der Waals surface area contributed by atoms with Crippen molar-refractivity contribution in [1.29, 1.82) is 0 Å². The Morgan fingerprint density at radius 3 is 2.56 bits per heavy atom. The monoisotopic (exact) mass is 799 g/mol. The molecule has 1 saturated carbocycles. The number of carbonyl (C=O) groups is 1. The molecule has 0 aromatic heterocycles. The Kier molecular flexibility index (Phi) is 11.4. The van der Waals surface area contributed by atoms with Crippen molar-refractivity contribution in [1.82, 2.24) is 9.62 Å². The summed E-state index contributed by atoms with van der Waals surface area (Å²) in [6.07, 6.45) is 7.50. The van der Waals surface area contributed by atoms with Gasteiger partial charge in [0.05, 0.1) is 29.0 Å². The Morgan fingerprint density at radius 1 is 1.02 bits per heavy atom. The summed E-state index contributed by atoms with van der Waals surface area (Å²) in [6.45, 7) is 7.22. The van der Waals surface area contributed by atoms with Crippen LogP contribution >= 0.6 is 11.6 Å². The van der Waals surface area contributed by atoms with E-state index >= 15 is 0 Å². The second kappa shape index (κ2) is 15.6. The molecule has 2 fully saturated rings. The topological polar surface area (TPSA) is 122 Å². The lowest BCUT2D eigenvalue weighted by Gasteiger charge is -2.50. The predicted octanol–water partition coefficient (Wildman–Crippen LogP) is 5.62. The van der Waals surface area contributed by atoms with Crippen LogP contribution in [0.1, 0.15) is 86.7 Å². The Bertz CT molecular complexity index is 2020. The second-order valence-corrected chi connectivity index (χ2v) is 21.2. The molecule has 5 aliphatic rings. The summed E-state index contributed by atoms with van der Waals surface area (Å²) >= 11 is 6.48. The lowest BCUT2D eigenvalue weighted by atomic mass is 9.62. The van der Waals surface area contributed by atoms with E-state index in [2.05, 4.69) is 38.5 Å². The van der Waals surface area contributed by atoms with Gasteiger partial charge in [-0.1, -0.05) is 36.4 Å². The molecule has 54 heavy (non-hydrogen) atoms. The van der Waals surface area contributed by atoms with Gasteiger partial charge in [-0.3, -0.25) is 4.79 Å². The number of anilines is 1. The second-order valence-electron chi connectivity index (χ2n) is 16.4. The highest BCUT2D eigenvalue weighted by Gasteiger charge is 2.49. The highest BCUT2D eigenvalue weighted by molar-refractivity contribution is 7.91. The number of halogens is 1. The first-order valence-corrected chi connectivity index (χ1v) is 23.3. The molecular weight excluding hydrogens is 746 g/mol. The fourth-order valence-electron chi connectivity index (χ4n) is 9.49. The van der Waals surface area contributed by atoms with Gasteiger partial charge in [-0.15, -0.1) is 0 Å². The number of nitrogens with zero attached hydrogens (tertiary/aromatic N) is 2. The van der Waals surface area contributed by atoms with Crippen LogP contribution in [-0.2, 0) is 36.4 Å². The van der Waals surface area contributed by atoms with Gasteiger partial charge in [-0.25, -0.2) is 21.6 Å². The zero-order chi connectivity index (χ0) is 38.3. The van der Waals surface area contributed by atoms with Crippen LogP contribution in [0.2, 0.25) is 5.02 Å². The summed E-state index contributed by atoms with van der Waals surface area (Å²) in [7, 11) is -5.17. The summed E-state index contributed by atoms with van der Waals surface area (Å²) in [5, 5.41) is -0.0660. The van der Waals surface area contributed by atoms with Crippen LogP contribution in [0.3, 0.4) is 0 Å². The third kappa shape index (κ3) is 8.04. The van der Waals surface area contributed by atoms with Gasteiger partial charge in [0, 0.05) is 68.2 Å². The van der Waals surface area contributed by atoms with Crippen molar-refractivity contribution in [2.75, 3.05) is 62.8 Å². The Labute approximate surface area is 326 Å². The highest BCUT2D eigenvalue weighted by Crippen LogP contribution is 2.49. The molecule has 0 radical (unpaired) electrons. The maximum atomic E-state index is 13.6. The molecule has 10 nitrogen and oxygen atoms in total. The van der Waals surface area contributed by atoms with Gasteiger partial charge in [0.1, 0.15) is 11.4 Å². The van der Waals surface area contributed by atoms with E-state index in [4.69, 9.17) is 21.1 Å². The van der Waals surface area contributed by atoms with Gasteiger partial charge >= 0.3 is 0 Å². The van der Waals surface area contributed by atoms with Crippen molar-refractivity contribution in [3.8, 4) is 17.6 Å². The number of sulfone groups is 1. The van der Waals surface area contributed by atoms with Gasteiger partial charge in [0.25, 0.3) is 5.91 Å². The van der Waals surface area contributed by atoms with Crippen molar-refractivity contribution in [2.45, 2.75) is 87.9 Å². The molecule has 2 aliphatic carbocycles. The number of fused-ring (bicyclic) bond motifs is 4. The first kappa shape index (κ1) is 39.4. The van der Waals surface area contributed by atoms with Crippen LogP contribution in [0, 0.1) is 29.6 Å². The fraction of sp³-hybridized carbons (Fsp3) is 0.634. The first-order valence-electron chi connectivity index (χ1n) is 19.6. The minimum Gasteiger partial charge on any atom is -0.490 e. The highest BCUT2D eigenvalue weighted by atomic mass is 35.5. The molecular formula is C41H54ClN3O7S2. The third-order valence-electron chi connectivity index (χ3n) is 13.2. The van der Waals surface area contributed by atoms with E-state index in [0.717, 1.165) is 42.8 Å². The number of ether oxygens (including phenoxy) is 2. The Hall–Kier alpha value is -2.82. The maximum Gasteiger partial charge on any atom is 0.264 e. The molecule has 2 bridgehead atoms. The molecule has 7 rings (SSSR count). The summed E-state index contributed by atoms with van der Waals surface area (Å²) in [5.74, 6) is 7.69. The lowest BCUT2D eigenvalue weighted by molar-refractivity contribution is -0.0743. The SMILES string of the molecule is CO[C@@]1(C#CCCN2CCS(=O)(=O)CC2)CCC[C@H](C)[C@@H](C)S(=O)(=O)NC(=O)c2ccc3c(c2)N(C[C@@H]2CC[C@H]21)C[C@@]1(CCCc2cc(Cl)ccc21)CO3. The number of sulfonamides is 1. The van der Waals surface area contributed by atoms with Crippen LogP contribution in [0.25, 0.3) is 0 Å². The number of benzene rings is 2. The fourth-order valence-corrected chi connectivity index (χ4v) is 12.3. The van der Waals surface area contributed by atoms with E-state index in [1.54, 1.807) is 26.2 Å². The summed E-state index contributed by atoms with van der Waals surface area (Å²) in [6, 6.07) is 11.5. The van der Waals surface area contributed by atoms with Gasteiger partial charge in [-0.2, -0.15) is 0 Å². The molecule has 0 unspecified atom stereocenters. The van der Waals surface area contributed by atoms with Gasteiger partial charge < -0.3 is 19.3 Å². The number of aryl methyl sites for hydroxylation is 1. The van der Waals surface area contributed by atoms with Gasteiger partial charge in [0.15, 0.2) is 9.84 Å². The smallest absolute Gasteiger partial charge is 0.264 e. The molecule has 1 saturated heterocycles. The number of methoxy groups -OCH3 is 1. The summed E-state index contributed by atoms with van der Waals surface area (Å²) in [4.78, 5) is 18.2. The minimum absolute atomic E-state index is 0.145. The van der Waals surface area contributed by atoms with Crippen LogP contribution in [0.4, 0.5) is 5.69 Å². The van der Waals surface area contributed by atoms with Crippen LogP contribution in [0.5, 0.6) is 5.75 Å². The minimum atomic E-state index is -3.97. The first-order chi connectivity index (χ1) is 25.7. The van der Waals surface area contributed by atoms with E-state index < -0.39 is 36.6 Å². The van der Waals surface area contributed by atoms with Crippen molar-refractivity contribution in [3.05, 3.63) is 58.1 Å². The van der Waals surface area contributed by atoms with Gasteiger partial charge in [-0.05, 0) is 112 Å². The number of nitrogens with one attached hydrogen (secondary N) is 1. The lowest BCUT2D eigenvalue weighted by Crippen LogP contribution is -2.53. The number of carbonyl (C=O) groups excluding carboxylic acids is 1. The van der Waals surface area contributed by atoms with Crippen LogP contribution in [-0.4, -0.2) is 96.4 Å². The summed E-state index contributed by atoms with van der Waals surface area (Å²) < 4.78 is 66.6. The van der Waals surface area contributed by atoms with Crippen molar-refractivity contribution >= 4 is 43.1 Å². The molecule has 2 aromatic rings. The maximum absolute atomic E-state index is 13.6. The molecule has 3 heterocycles. The molecule has 1 N–H and O–H groups in total. The van der Waals surface area contributed by atoms with Crippen molar-refractivity contribution < 1.29 is 31.1 Å². The molecule has 3 aliphatic heterocycles. The molecule has 1 spiro atoms. The average Bonchev–Trinajstić information content (AvgIpc) is 3.27. The predicted molar refractivity (Wildman–Crippen MR) is 213 cm³/mol. The van der Waals surface area contributed by atoms with E-state index in [1.807, 2.05) is 19.1 Å². The molecule has 6 atom stereocenters. The van der Waals surface area contributed by atoms with E-state index in [1.165, 1.54) is 11.1 Å². The number of hydrogen-bond acceptors (Lipinski definition) is 9. The van der Waals surface area contributed by atoms with E-state index in [-0.39, 0.29) is 40.2 Å². The largest absolute Gasteiger partial charge is 0.490 e.